The molecule has 47 heavy (non-hydrogen) atoms. The van der Waals surface area contributed by atoms with Gasteiger partial charge in [-0.15, -0.1) is 0 Å². The van der Waals surface area contributed by atoms with Crippen LogP contribution in [-0.4, -0.2) is 62.8 Å². The van der Waals surface area contributed by atoms with Crippen molar-refractivity contribution in [3.63, 3.8) is 0 Å². The number of hydrogen-bond donors (Lipinski definition) is 3. The van der Waals surface area contributed by atoms with E-state index in [1.165, 1.54) is 6.20 Å². The number of β-amino-alcohol motifs (C(OH)–C–C–N with tert-alkyl or cyclic N) is 1. The Morgan fingerprint density at radius 1 is 0.894 bits per heavy atom. The van der Waals surface area contributed by atoms with Gasteiger partial charge in [-0.3, -0.25) is 14.7 Å². The molecule has 7 rings (SSSR count). The molecule has 0 aliphatic carbocycles. The van der Waals surface area contributed by atoms with Crippen LogP contribution < -0.4 is 5.32 Å². The predicted molar refractivity (Wildman–Crippen MR) is 178 cm³/mol. The zero-order valence-electron chi connectivity index (χ0n) is 26.0. The number of aromatic nitrogens is 2. The van der Waals surface area contributed by atoms with Crippen molar-refractivity contribution in [3.8, 4) is 11.1 Å². The summed E-state index contributed by atoms with van der Waals surface area (Å²) in [6.45, 7) is 2.57. The van der Waals surface area contributed by atoms with E-state index < -0.39 is 6.29 Å². The van der Waals surface area contributed by atoms with Crippen molar-refractivity contribution >= 4 is 16.9 Å². The first-order chi connectivity index (χ1) is 23.0. The molecular weight excluding hydrogens is 592 g/mol. The molecule has 0 radical (unpaired) electrons. The second-order valence-electron chi connectivity index (χ2n) is 12.3. The molecule has 4 atom stereocenters. The van der Waals surface area contributed by atoms with Gasteiger partial charge in [-0.1, -0.05) is 84.9 Å². The van der Waals surface area contributed by atoms with Crippen LogP contribution in [0.5, 0.6) is 0 Å². The number of aliphatic hydroxyl groups excluding tert-OH is 2. The topological polar surface area (TPSA) is 117 Å². The number of ether oxygens (including phenoxy) is 2. The molecule has 0 unspecified atom stereocenters. The summed E-state index contributed by atoms with van der Waals surface area (Å²) in [5.74, 6) is -0.279. The van der Waals surface area contributed by atoms with Crippen LogP contribution in [0.4, 0.5) is 0 Å². The Hall–Kier alpha value is -4.51. The Kier molecular flexibility index (Phi) is 9.32. The molecule has 240 valence electrons. The van der Waals surface area contributed by atoms with E-state index >= 15 is 0 Å². The van der Waals surface area contributed by atoms with Crippen molar-refractivity contribution in [2.75, 3.05) is 19.6 Å². The number of nitrogens with one attached hydrogen (secondary N) is 1. The number of aliphatic hydroxyl groups is 2. The van der Waals surface area contributed by atoms with Gasteiger partial charge < -0.3 is 25.0 Å². The number of carbonyl (C=O) groups is 1. The second-order valence-corrected chi connectivity index (χ2v) is 12.3. The van der Waals surface area contributed by atoms with Crippen LogP contribution in [0.2, 0.25) is 0 Å². The molecule has 9 heteroatoms. The fourth-order valence-electron chi connectivity index (χ4n) is 6.41. The van der Waals surface area contributed by atoms with Gasteiger partial charge in [-0.2, -0.15) is 0 Å². The summed E-state index contributed by atoms with van der Waals surface area (Å²) in [6, 6.07) is 31.6. The fraction of sp³-hybridized carbons (Fsp3) is 0.289. The molecular formula is C38H38N4O5. The number of likely N-dealkylation sites (tertiary alicyclic amines) is 1. The molecule has 3 N–H and O–H groups in total. The lowest BCUT2D eigenvalue weighted by Crippen LogP contribution is -2.38. The third-order valence-corrected chi connectivity index (χ3v) is 8.96. The highest BCUT2D eigenvalue weighted by molar-refractivity contribution is 5.93. The summed E-state index contributed by atoms with van der Waals surface area (Å²) < 4.78 is 13.1. The number of benzene rings is 4. The van der Waals surface area contributed by atoms with Gasteiger partial charge in [0.1, 0.15) is 5.69 Å². The molecule has 2 aliphatic rings. The van der Waals surface area contributed by atoms with Gasteiger partial charge in [0.15, 0.2) is 6.29 Å². The molecule has 1 aromatic heterocycles. The van der Waals surface area contributed by atoms with E-state index in [2.05, 4.69) is 32.3 Å². The number of rotatable bonds is 9. The smallest absolute Gasteiger partial charge is 0.271 e. The van der Waals surface area contributed by atoms with Gasteiger partial charge in [0.05, 0.1) is 42.1 Å². The largest absolute Gasteiger partial charge is 0.392 e. The minimum Gasteiger partial charge on any atom is -0.392 e. The Morgan fingerprint density at radius 2 is 1.64 bits per heavy atom. The predicted octanol–water partition coefficient (Wildman–Crippen LogP) is 5.33. The van der Waals surface area contributed by atoms with Crippen LogP contribution in [0.3, 0.4) is 0 Å². The number of hydrogen-bond acceptors (Lipinski definition) is 8. The zero-order valence-corrected chi connectivity index (χ0v) is 26.0. The SMILES string of the molecule is O=C(NCc1ccccc1-c1ccc([C@H]2O[C@@H](CN3CC[C@H](O)C3)C[C@@H](c3ccc(CO)cc3)O2)cc1)c1cnc2ccccc2n1. The summed E-state index contributed by atoms with van der Waals surface area (Å²) in [5, 5.41) is 22.6. The van der Waals surface area contributed by atoms with E-state index in [-0.39, 0.29) is 36.5 Å². The number of nitrogens with zero attached hydrogens (tertiary/aromatic N) is 3. The van der Waals surface area contributed by atoms with Gasteiger partial charge in [0, 0.05) is 38.2 Å². The van der Waals surface area contributed by atoms with Crippen molar-refractivity contribution < 1.29 is 24.5 Å². The van der Waals surface area contributed by atoms with Crippen molar-refractivity contribution in [2.24, 2.45) is 0 Å². The summed E-state index contributed by atoms with van der Waals surface area (Å²) in [7, 11) is 0. The normalized spacial score (nSPS) is 21.6. The average Bonchev–Trinajstić information content (AvgIpc) is 3.54. The molecule has 1 amide bonds. The minimum absolute atomic E-state index is 0.00155. The first kappa shape index (κ1) is 31.1. The lowest BCUT2D eigenvalue weighted by Gasteiger charge is -2.38. The number of amides is 1. The molecule has 9 nitrogen and oxygen atoms in total. The lowest BCUT2D eigenvalue weighted by molar-refractivity contribution is -0.252. The number of para-hydroxylation sites is 2. The molecule has 2 fully saturated rings. The molecule has 5 aromatic rings. The summed E-state index contributed by atoms with van der Waals surface area (Å²) in [4.78, 5) is 24.1. The van der Waals surface area contributed by atoms with E-state index in [1.807, 2.05) is 84.9 Å². The summed E-state index contributed by atoms with van der Waals surface area (Å²) in [6.07, 6.45) is 1.89. The van der Waals surface area contributed by atoms with E-state index in [9.17, 15) is 15.0 Å². The first-order valence-electron chi connectivity index (χ1n) is 16.1. The van der Waals surface area contributed by atoms with Crippen molar-refractivity contribution in [2.45, 2.75) is 50.6 Å². The molecule has 2 saturated heterocycles. The number of fused-ring (bicyclic) bond motifs is 1. The Morgan fingerprint density at radius 3 is 2.40 bits per heavy atom. The maximum Gasteiger partial charge on any atom is 0.271 e. The summed E-state index contributed by atoms with van der Waals surface area (Å²) in [5.41, 5.74) is 7.53. The van der Waals surface area contributed by atoms with Crippen LogP contribution in [0, 0.1) is 0 Å². The van der Waals surface area contributed by atoms with Crippen LogP contribution in [0.1, 0.15) is 58.0 Å². The third-order valence-electron chi connectivity index (χ3n) is 8.96. The highest BCUT2D eigenvalue weighted by Crippen LogP contribution is 2.39. The van der Waals surface area contributed by atoms with Crippen LogP contribution >= 0.6 is 0 Å². The van der Waals surface area contributed by atoms with Crippen molar-refractivity contribution in [1.29, 1.82) is 0 Å². The van der Waals surface area contributed by atoms with Gasteiger partial charge >= 0.3 is 0 Å². The summed E-state index contributed by atoms with van der Waals surface area (Å²) >= 11 is 0. The molecule has 4 aromatic carbocycles. The van der Waals surface area contributed by atoms with Gasteiger partial charge in [0.25, 0.3) is 5.91 Å². The van der Waals surface area contributed by atoms with E-state index in [4.69, 9.17) is 9.47 Å². The van der Waals surface area contributed by atoms with E-state index in [0.717, 1.165) is 58.4 Å². The van der Waals surface area contributed by atoms with Gasteiger partial charge in [0.2, 0.25) is 0 Å². The minimum atomic E-state index is -0.560. The van der Waals surface area contributed by atoms with E-state index in [0.29, 0.717) is 25.0 Å². The third kappa shape index (κ3) is 7.25. The maximum absolute atomic E-state index is 13.0. The van der Waals surface area contributed by atoms with Crippen LogP contribution in [0.15, 0.2) is 103 Å². The van der Waals surface area contributed by atoms with Crippen LogP contribution in [0.25, 0.3) is 22.2 Å². The average molecular weight is 631 g/mol. The maximum atomic E-state index is 13.0. The first-order valence-corrected chi connectivity index (χ1v) is 16.1. The second kappa shape index (κ2) is 14.1. The fourth-order valence-corrected chi connectivity index (χ4v) is 6.41. The quantitative estimate of drug-likeness (QED) is 0.200. The molecule has 0 saturated carbocycles. The monoisotopic (exact) mass is 630 g/mol. The van der Waals surface area contributed by atoms with Crippen LogP contribution in [-0.2, 0) is 22.6 Å². The van der Waals surface area contributed by atoms with Gasteiger partial charge in [-0.05, 0) is 46.4 Å². The molecule has 0 spiro atoms. The molecule has 2 aliphatic heterocycles. The Bertz CT molecular complexity index is 1830. The Balaban J connectivity index is 1.07. The van der Waals surface area contributed by atoms with Crippen molar-refractivity contribution in [1.82, 2.24) is 20.2 Å². The lowest BCUT2D eigenvalue weighted by atomic mass is 9.97. The zero-order chi connectivity index (χ0) is 32.2. The van der Waals surface area contributed by atoms with Crippen molar-refractivity contribution in [3.05, 3.63) is 131 Å². The highest BCUT2D eigenvalue weighted by Gasteiger charge is 2.34. The Labute approximate surface area is 273 Å². The molecule has 0 bridgehead atoms. The van der Waals surface area contributed by atoms with Gasteiger partial charge in [-0.25, -0.2) is 4.98 Å². The van der Waals surface area contributed by atoms with E-state index in [1.54, 1.807) is 0 Å². The standard InChI is InChI=1S/C38H38N4O5/c43-24-25-9-11-27(12-10-25)36-19-31(23-42-18-17-30(44)22-42)46-38(47-36)28-15-13-26(14-16-28)32-6-2-1-5-29(32)20-40-37(45)35-21-39-33-7-3-4-8-34(33)41-35/h1-16,21,30-31,36,38,43-44H,17-20,22-24H2,(H,40,45)/t30-,31+,36-,38-/m0/s1. The molecule has 3 heterocycles. The number of carbonyl (C=O) groups excluding carboxylic acids is 1. The highest BCUT2D eigenvalue weighted by atomic mass is 16.7.